The average molecular weight is 315 g/mol. The van der Waals surface area contributed by atoms with Crippen molar-refractivity contribution in [2.75, 3.05) is 13.1 Å². The fourth-order valence-electron chi connectivity index (χ4n) is 3.02. The molecule has 0 saturated carbocycles. The van der Waals surface area contributed by atoms with Crippen LogP contribution in [0.4, 0.5) is 4.39 Å². The number of aryl methyl sites for hydroxylation is 1. The molecule has 1 aromatic carbocycles. The smallest absolute Gasteiger partial charge is 0.255 e. The molecule has 1 unspecified atom stereocenters. The van der Waals surface area contributed by atoms with Gasteiger partial charge in [0.05, 0.1) is 22.7 Å². The first kappa shape index (κ1) is 15.4. The lowest BCUT2D eigenvalue weighted by molar-refractivity contribution is -0.123. The molecule has 0 spiro atoms. The van der Waals surface area contributed by atoms with E-state index in [2.05, 4.69) is 4.98 Å². The van der Waals surface area contributed by atoms with Gasteiger partial charge in [0.1, 0.15) is 5.82 Å². The molecule has 0 aliphatic carbocycles. The summed E-state index contributed by atoms with van der Waals surface area (Å²) in [5, 5.41) is 0.712. The maximum atomic E-state index is 13.3. The van der Waals surface area contributed by atoms with Gasteiger partial charge >= 0.3 is 0 Å². The number of primary amides is 1. The highest BCUT2D eigenvalue weighted by Gasteiger charge is 2.28. The number of benzene rings is 1. The maximum Gasteiger partial charge on any atom is 0.255 e. The second-order valence-electron chi connectivity index (χ2n) is 5.95. The molecule has 2 N–H and O–H groups in total. The Hall–Kier alpha value is -2.50. The number of fused-ring (bicyclic) bond motifs is 1. The molecule has 0 bridgehead atoms. The van der Waals surface area contributed by atoms with Crippen LogP contribution < -0.4 is 5.73 Å². The highest BCUT2D eigenvalue weighted by atomic mass is 19.1. The predicted molar refractivity (Wildman–Crippen MR) is 84.3 cm³/mol. The van der Waals surface area contributed by atoms with Crippen LogP contribution in [-0.2, 0) is 4.79 Å². The SMILES string of the molecule is Cc1nc2cc(F)ccc2cc1C(=O)N1CCCC(C(N)=O)C1. The van der Waals surface area contributed by atoms with Gasteiger partial charge in [0.15, 0.2) is 0 Å². The van der Waals surface area contributed by atoms with Crippen LogP contribution in [0.15, 0.2) is 24.3 Å². The van der Waals surface area contributed by atoms with Gasteiger partial charge in [0.2, 0.25) is 5.91 Å². The fourth-order valence-corrected chi connectivity index (χ4v) is 3.02. The Labute approximate surface area is 133 Å². The predicted octanol–water partition coefficient (Wildman–Crippen LogP) is 2.02. The molecule has 2 aromatic rings. The van der Waals surface area contributed by atoms with Crippen LogP contribution in [0.25, 0.3) is 10.9 Å². The van der Waals surface area contributed by atoms with Crippen molar-refractivity contribution in [1.82, 2.24) is 9.88 Å². The van der Waals surface area contributed by atoms with Gasteiger partial charge in [0, 0.05) is 24.5 Å². The zero-order chi connectivity index (χ0) is 16.6. The average Bonchev–Trinajstić information content (AvgIpc) is 2.53. The molecule has 1 aliphatic rings. The number of likely N-dealkylation sites (tertiary alicyclic amines) is 1. The largest absolute Gasteiger partial charge is 0.369 e. The number of halogens is 1. The second-order valence-corrected chi connectivity index (χ2v) is 5.95. The van der Waals surface area contributed by atoms with E-state index < -0.39 is 0 Å². The minimum Gasteiger partial charge on any atom is -0.369 e. The minimum atomic E-state index is -0.369. The quantitative estimate of drug-likeness (QED) is 0.921. The Morgan fingerprint density at radius 1 is 1.35 bits per heavy atom. The minimum absolute atomic E-state index is 0.160. The number of pyridine rings is 1. The Bertz CT molecular complexity index is 791. The molecule has 1 aromatic heterocycles. The van der Waals surface area contributed by atoms with Gasteiger partial charge in [-0.25, -0.2) is 4.39 Å². The first-order valence-corrected chi connectivity index (χ1v) is 7.61. The molecule has 6 heteroatoms. The van der Waals surface area contributed by atoms with E-state index in [4.69, 9.17) is 5.73 Å². The van der Waals surface area contributed by atoms with Crippen LogP contribution in [0, 0.1) is 18.7 Å². The van der Waals surface area contributed by atoms with E-state index in [1.165, 1.54) is 12.1 Å². The van der Waals surface area contributed by atoms with E-state index in [1.807, 2.05) is 0 Å². The second kappa shape index (κ2) is 5.95. The monoisotopic (exact) mass is 315 g/mol. The van der Waals surface area contributed by atoms with Crippen molar-refractivity contribution in [1.29, 1.82) is 0 Å². The standard InChI is InChI=1S/C17H18FN3O2/c1-10-14(7-11-4-5-13(18)8-15(11)20-10)17(23)21-6-2-3-12(9-21)16(19)22/h4-5,7-8,12H,2-3,6,9H2,1H3,(H2,19,22). The van der Waals surface area contributed by atoms with Crippen LogP contribution in [0.3, 0.4) is 0 Å². The molecule has 2 amide bonds. The Morgan fingerprint density at radius 2 is 2.13 bits per heavy atom. The highest BCUT2D eigenvalue weighted by molar-refractivity contribution is 5.99. The molecule has 1 fully saturated rings. The topological polar surface area (TPSA) is 76.3 Å². The van der Waals surface area contributed by atoms with E-state index in [0.29, 0.717) is 41.7 Å². The third-order valence-electron chi connectivity index (χ3n) is 4.31. The molecular formula is C17H18FN3O2. The van der Waals surface area contributed by atoms with E-state index in [-0.39, 0.29) is 23.5 Å². The zero-order valence-corrected chi connectivity index (χ0v) is 12.9. The lowest BCUT2D eigenvalue weighted by atomic mass is 9.96. The number of hydrogen-bond donors (Lipinski definition) is 1. The summed E-state index contributed by atoms with van der Waals surface area (Å²) in [6.07, 6.45) is 1.47. The number of amides is 2. The lowest BCUT2D eigenvalue weighted by Crippen LogP contribution is -2.44. The first-order chi connectivity index (χ1) is 11.0. The van der Waals surface area contributed by atoms with Crippen LogP contribution >= 0.6 is 0 Å². The van der Waals surface area contributed by atoms with E-state index in [0.717, 1.165) is 6.42 Å². The molecule has 1 saturated heterocycles. The van der Waals surface area contributed by atoms with Gasteiger partial charge in [-0.1, -0.05) is 0 Å². The van der Waals surface area contributed by atoms with Crippen molar-refractivity contribution >= 4 is 22.7 Å². The highest BCUT2D eigenvalue weighted by Crippen LogP contribution is 2.22. The molecule has 23 heavy (non-hydrogen) atoms. The Morgan fingerprint density at radius 3 is 2.87 bits per heavy atom. The summed E-state index contributed by atoms with van der Waals surface area (Å²) in [6.45, 7) is 2.67. The van der Waals surface area contributed by atoms with E-state index in [1.54, 1.807) is 24.0 Å². The molecule has 0 radical (unpaired) electrons. The van der Waals surface area contributed by atoms with Crippen molar-refractivity contribution < 1.29 is 14.0 Å². The van der Waals surface area contributed by atoms with Crippen molar-refractivity contribution in [2.24, 2.45) is 11.7 Å². The maximum absolute atomic E-state index is 13.3. The number of nitrogens with two attached hydrogens (primary N) is 1. The van der Waals surface area contributed by atoms with Gasteiger partial charge in [-0.15, -0.1) is 0 Å². The number of rotatable bonds is 2. The van der Waals surface area contributed by atoms with Gasteiger partial charge in [-0.2, -0.15) is 0 Å². The molecular weight excluding hydrogens is 297 g/mol. The van der Waals surface area contributed by atoms with E-state index in [9.17, 15) is 14.0 Å². The van der Waals surface area contributed by atoms with Crippen LogP contribution in [-0.4, -0.2) is 34.8 Å². The molecule has 120 valence electrons. The number of carbonyl (C=O) groups excluding carboxylic acids is 2. The number of aromatic nitrogens is 1. The molecule has 1 aliphatic heterocycles. The zero-order valence-electron chi connectivity index (χ0n) is 12.9. The number of carbonyl (C=O) groups is 2. The Kier molecular flexibility index (Phi) is 3.98. The summed E-state index contributed by atoms with van der Waals surface area (Å²) in [5.74, 6) is -1.18. The van der Waals surface area contributed by atoms with Crippen molar-refractivity contribution in [3.63, 3.8) is 0 Å². The number of nitrogens with zero attached hydrogens (tertiary/aromatic N) is 2. The summed E-state index contributed by atoms with van der Waals surface area (Å²) in [7, 11) is 0. The summed E-state index contributed by atoms with van der Waals surface area (Å²) in [6, 6.07) is 6.03. The van der Waals surface area contributed by atoms with Crippen LogP contribution in [0.5, 0.6) is 0 Å². The van der Waals surface area contributed by atoms with Gasteiger partial charge in [0.25, 0.3) is 5.91 Å². The van der Waals surface area contributed by atoms with Crippen molar-refractivity contribution in [3.8, 4) is 0 Å². The van der Waals surface area contributed by atoms with Gasteiger partial charge < -0.3 is 10.6 Å². The van der Waals surface area contributed by atoms with Crippen molar-refractivity contribution in [3.05, 3.63) is 41.3 Å². The molecule has 3 rings (SSSR count). The van der Waals surface area contributed by atoms with Crippen LogP contribution in [0.1, 0.15) is 28.9 Å². The van der Waals surface area contributed by atoms with Crippen LogP contribution in [0.2, 0.25) is 0 Å². The fraction of sp³-hybridized carbons (Fsp3) is 0.353. The van der Waals surface area contributed by atoms with E-state index >= 15 is 0 Å². The molecule has 2 heterocycles. The van der Waals surface area contributed by atoms with Gasteiger partial charge in [-0.3, -0.25) is 14.6 Å². The number of hydrogen-bond acceptors (Lipinski definition) is 3. The molecule has 1 atom stereocenters. The number of piperidine rings is 1. The summed E-state index contributed by atoms with van der Waals surface area (Å²) in [4.78, 5) is 30.1. The first-order valence-electron chi connectivity index (χ1n) is 7.61. The summed E-state index contributed by atoms with van der Waals surface area (Å²) in [5.41, 5.74) is 6.91. The lowest BCUT2D eigenvalue weighted by Gasteiger charge is -2.31. The normalized spacial score (nSPS) is 18.2. The third kappa shape index (κ3) is 3.02. The summed E-state index contributed by atoms with van der Waals surface area (Å²) >= 11 is 0. The van der Waals surface area contributed by atoms with Gasteiger partial charge in [-0.05, 0) is 38.0 Å². The third-order valence-corrected chi connectivity index (χ3v) is 4.31. The summed E-state index contributed by atoms with van der Waals surface area (Å²) < 4.78 is 13.3. The molecule has 5 nitrogen and oxygen atoms in total. The Balaban J connectivity index is 1.92. The van der Waals surface area contributed by atoms with Crippen molar-refractivity contribution in [2.45, 2.75) is 19.8 Å².